The van der Waals surface area contributed by atoms with Gasteiger partial charge in [-0.3, -0.25) is 4.99 Å². The van der Waals surface area contributed by atoms with Crippen LogP contribution >= 0.6 is 7.60 Å². The third-order valence-corrected chi connectivity index (χ3v) is 6.81. The number of benzene rings is 3. The fourth-order valence-corrected chi connectivity index (χ4v) is 4.67. The lowest BCUT2D eigenvalue weighted by Crippen LogP contribution is -2.28. The van der Waals surface area contributed by atoms with Crippen molar-refractivity contribution in [2.24, 2.45) is 4.99 Å². The Morgan fingerprint density at radius 1 is 0.821 bits per heavy atom. The molecule has 0 saturated carbocycles. The smallest absolute Gasteiger partial charge is 0.461 e. The molecule has 2 atom stereocenters. The standard InChI is InChI=1S/C27H25F5NO5P/c1-3-18(4-2)36-27(34)20(15-17-11-7-5-8-12-17)33-16-39(35,37-19-13-9-6-10-14-19)38-26-24(31)22(29)21(28)23(30)25(26)32/h5-14,16,18,20H,3-4,15H2,1-2H3/b33-16+/t20-,39?/m0/s1. The molecular weight excluding hydrogens is 544 g/mol. The van der Waals surface area contributed by atoms with Crippen LogP contribution in [0, 0.1) is 29.1 Å². The predicted molar refractivity (Wildman–Crippen MR) is 134 cm³/mol. The first-order valence-electron chi connectivity index (χ1n) is 11.9. The summed E-state index contributed by atoms with van der Waals surface area (Å²) in [5.74, 6) is -14.0. The molecule has 0 spiro atoms. The van der Waals surface area contributed by atoms with Crippen LogP contribution in [-0.4, -0.2) is 24.1 Å². The number of nitrogens with zero attached hydrogens (tertiary/aromatic N) is 1. The van der Waals surface area contributed by atoms with Gasteiger partial charge < -0.3 is 13.8 Å². The van der Waals surface area contributed by atoms with Gasteiger partial charge in [-0.2, -0.15) is 8.78 Å². The molecule has 3 aromatic carbocycles. The monoisotopic (exact) mass is 569 g/mol. The zero-order valence-corrected chi connectivity index (χ0v) is 21.8. The number of rotatable bonds is 12. The Morgan fingerprint density at radius 2 is 1.33 bits per heavy atom. The van der Waals surface area contributed by atoms with Gasteiger partial charge >= 0.3 is 13.6 Å². The predicted octanol–water partition coefficient (Wildman–Crippen LogP) is 7.40. The minimum Gasteiger partial charge on any atom is -0.461 e. The van der Waals surface area contributed by atoms with E-state index in [0.29, 0.717) is 24.4 Å². The van der Waals surface area contributed by atoms with E-state index in [-0.39, 0.29) is 12.2 Å². The van der Waals surface area contributed by atoms with E-state index in [1.54, 1.807) is 36.4 Å². The zero-order chi connectivity index (χ0) is 28.6. The molecule has 208 valence electrons. The molecule has 0 aliphatic rings. The molecular formula is C27H25F5NO5P. The van der Waals surface area contributed by atoms with Crippen LogP contribution < -0.4 is 9.05 Å². The summed E-state index contributed by atoms with van der Waals surface area (Å²) in [4.78, 5) is 17.0. The number of halogens is 5. The SMILES string of the molecule is CCC(CC)OC(=O)[C@H](Cc1ccccc1)/N=C/P(=O)(Oc1ccccc1)Oc1c(F)c(F)c(F)c(F)c1F. The first-order chi connectivity index (χ1) is 18.6. The highest BCUT2D eigenvalue weighted by atomic mass is 31.2. The normalized spacial score (nSPS) is 13.7. The fourth-order valence-electron chi connectivity index (χ4n) is 3.38. The van der Waals surface area contributed by atoms with Crippen LogP contribution in [0.4, 0.5) is 22.0 Å². The second kappa shape index (κ2) is 13.4. The lowest BCUT2D eigenvalue weighted by atomic mass is 10.1. The number of carbonyl (C=O) groups excluding carboxylic acids is 1. The van der Waals surface area contributed by atoms with E-state index in [2.05, 4.69) is 4.99 Å². The number of esters is 1. The lowest BCUT2D eigenvalue weighted by molar-refractivity contribution is -0.150. The van der Waals surface area contributed by atoms with Crippen molar-refractivity contribution in [1.29, 1.82) is 0 Å². The zero-order valence-electron chi connectivity index (χ0n) is 21.0. The Hall–Kier alpha value is -3.72. The number of hydrogen-bond donors (Lipinski definition) is 0. The van der Waals surface area contributed by atoms with Gasteiger partial charge in [0.25, 0.3) is 0 Å². The Morgan fingerprint density at radius 3 is 1.87 bits per heavy atom. The van der Waals surface area contributed by atoms with Gasteiger partial charge in [-0.15, -0.1) is 0 Å². The number of carbonyl (C=O) groups is 1. The molecule has 0 radical (unpaired) electrons. The summed E-state index contributed by atoms with van der Waals surface area (Å²) < 4.78 is 99.1. The van der Waals surface area contributed by atoms with Crippen LogP contribution in [0.2, 0.25) is 0 Å². The quantitative estimate of drug-likeness (QED) is 0.0568. The largest absolute Gasteiger partial charge is 0.473 e. The fraction of sp³-hybridized carbons (Fsp3) is 0.259. The molecule has 3 rings (SSSR count). The van der Waals surface area contributed by atoms with Crippen molar-refractivity contribution in [3.8, 4) is 11.5 Å². The third-order valence-electron chi connectivity index (χ3n) is 5.49. The average molecular weight is 569 g/mol. The van der Waals surface area contributed by atoms with Crippen molar-refractivity contribution >= 4 is 19.5 Å². The van der Waals surface area contributed by atoms with Gasteiger partial charge in [-0.05, 0) is 30.5 Å². The van der Waals surface area contributed by atoms with Gasteiger partial charge in [-0.1, -0.05) is 62.4 Å². The highest BCUT2D eigenvalue weighted by Crippen LogP contribution is 2.48. The van der Waals surface area contributed by atoms with E-state index < -0.39 is 60.5 Å². The van der Waals surface area contributed by atoms with Gasteiger partial charge in [-0.25, -0.2) is 22.5 Å². The molecule has 0 saturated heterocycles. The third kappa shape index (κ3) is 7.66. The molecule has 39 heavy (non-hydrogen) atoms. The average Bonchev–Trinajstić information content (AvgIpc) is 2.95. The van der Waals surface area contributed by atoms with E-state index >= 15 is 0 Å². The highest BCUT2D eigenvalue weighted by Gasteiger charge is 2.35. The summed E-state index contributed by atoms with van der Waals surface area (Å²) in [5, 5.41) is 0. The molecule has 0 heterocycles. The van der Waals surface area contributed by atoms with Crippen LogP contribution in [0.3, 0.4) is 0 Å². The molecule has 0 amide bonds. The minimum atomic E-state index is -4.95. The summed E-state index contributed by atoms with van der Waals surface area (Å²) in [6.45, 7) is 3.63. The summed E-state index contributed by atoms with van der Waals surface area (Å²) in [6.07, 6.45) is 0.582. The van der Waals surface area contributed by atoms with Gasteiger partial charge in [0.15, 0.2) is 6.04 Å². The van der Waals surface area contributed by atoms with Crippen molar-refractivity contribution in [2.45, 2.75) is 45.3 Å². The van der Waals surface area contributed by atoms with Crippen molar-refractivity contribution < 1.29 is 45.1 Å². The highest BCUT2D eigenvalue weighted by molar-refractivity contribution is 7.70. The molecule has 0 aromatic heterocycles. The minimum absolute atomic E-state index is 0.0236. The van der Waals surface area contributed by atoms with Crippen LogP contribution in [-0.2, 0) is 20.5 Å². The molecule has 0 fully saturated rings. The molecule has 3 aromatic rings. The Bertz CT molecular complexity index is 1320. The van der Waals surface area contributed by atoms with E-state index in [4.69, 9.17) is 13.8 Å². The summed E-state index contributed by atoms with van der Waals surface area (Å²) >= 11 is 0. The first-order valence-corrected chi connectivity index (χ1v) is 13.5. The lowest BCUT2D eigenvalue weighted by Gasteiger charge is -2.20. The van der Waals surface area contributed by atoms with Crippen molar-refractivity contribution in [2.75, 3.05) is 0 Å². The Kier molecular flexibility index (Phi) is 10.2. The number of aliphatic imine (C=N–C) groups is 1. The van der Waals surface area contributed by atoms with Gasteiger partial charge in [0.2, 0.25) is 34.8 Å². The summed E-state index contributed by atoms with van der Waals surface area (Å²) in [6, 6.07) is 14.5. The molecule has 0 bridgehead atoms. The molecule has 12 heteroatoms. The molecule has 0 N–H and O–H groups in total. The van der Waals surface area contributed by atoms with E-state index in [9.17, 15) is 31.3 Å². The summed E-state index contributed by atoms with van der Waals surface area (Å²) in [7, 11) is -4.95. The topological polar surface area (TPSA) is 74.2 Å². The van der Waals surface area contributed by atoms with Crippen LogP contribution in [0.5, 0.6) is 11.5 Å². The van der Waals surface area contributed by atoms with Crippen molar-refractivity contribution in [1.82, 2.24) is 0 Å². The molecule has 1 unspecified atom stereocenters. The van der Waals surface area contributed by atoms with Crippen LogP contribution in [0.15, 0.2) is 65.7 Å². The number of hydrogen-bond acceptors (Lipinski definition) is 6. The first kappa shape index (κ1) is 29.8. The van der Waals surface area contributed by atoms with Crippen LogP contribution in [0.1, 0.15) is 32.3 Å². The van der Waals surface area contributed by atoms with Crippen molar-refractivity contribution in [3.63, 3.8) is 0 Å². The molecule has 6 nitrogen and oxygen atoms in total. The van der Waals surface area contributed by atoms with Crippen molar-refractivity contribution in [3.05, 3.63) is 95.3 Å². The summed E-state index contributed by atoms with van der Waals surface area (Å²) in [5.41, 5.74) is 0.653. The number of para-hydroxylation sites is 1. The maximum absolute atomic E-state index is 14.4. The Labute approximate surface area is 222 Å². The maximum atomic E-state index is 14.4. The van der Waals surface area contributed by atoms with E-state index in [1.807, 2.05) is 13.8 Å². The molecule has 0 aliphatic heterocycles. The van der Waals surface area contributed by atoms with Gasteiger partial charge in [0, 0.05) is 6.42 Å². The Balaban J connectivity index is 2.04. The van der Waals surface area contributed by atoms with E-state index in [1.165, 1.54) is 24.3 Å². The second-order valence-electron chi connectivity index (χ2n) is 8.28. The van der Waals surface area contributed by atoms with Crippen LogP contribution in [0.25, 0.3) is 0 Å². The maximum Gasteiger partial charge on any atom is 0.473 e. The van der Waals surface area contributed by atoms with Gasteiger partial charge in [0.05, 0.1) is 0 Å². The number of ether oxygens (including phenoxy) is 1. The van der Waals surface area contributed by atoms with Gasteiger partial charge in [0.1, 0.15) is 17.8 Å². The molecule has 0 aliphatic carbocycles. The second-order valence-corrected chi connectivity index (χ2v) is 9.96. The van der Waals surface area contributed by atoms with E-state index in [0.717, 1.165) is 0 Å².